The molecule has 1 unspecified atom stereocenters. The van der Waals surface area contributed by atoms with Gasteiger partial charge in [-0.1, -0.05) is 13.0 Å². The summed E-state index contributed by atoms with van der Waals surface area (Å²) in [5.41, 5.74) is 1.68. The van der Waals surface area contributed by atoms with Crippen molar-refractivity contribution in [3.05, 3.63) is 35.7 Å². The Balaban J connectivity index is 1.91. The third-order valence-corrected chi connectivity index (χ3v) is 3.06. The lowest BCUT2D eigenvalue weighted by atomic mass is 10.1. The number of anilines is 2. The van der Waals surface area contributed by atoms with E-state index in [0.717, 1.165) is 30.2 Å². The summed E-state index contributed by atoms with van der Waals surface area (Å²) in [6, 6.07) is 1.88. The van der Waals surface area contributed by atoms with E-state index < -0.39 is 6.17 Å². The molecular weight excluding hydrogens is 283 g/mol. The quantitative estimate of drug-likeness (QED) is 0.722. The van der Waals surface area contributed by atoms with Crippen LogP contribution in [0.15, 0.2) is 30.0 Å². The van der Waals surface area contributed by atoms with Crippen LogP contribution < -0.4 is 10.6 Å². The zero-order valence-electron chi connectivity index (χ0n) is 13.1. The van der Waals surface area contributed by atoms with Gasteiger partial charge in [-0.05, 0) is 25.5 Å². The van der Waals surface area contributed by atoms with Gasteiger partial charge in [0.1, 0.15) is 12.0 Å². The largest absolute Gasteiger partial charge is 0.380 e. The number of aryl methyl sites for hydroxylation is 1. The second kappa shape index (κ2) is 8.48. The van der Waals surface area contributed by atoms with Crippen molar-refractivity contribution in [1.29, 1.82) is 0 Å². The van der Waals surface area contributed by atoms with Crippen LogP contribution in [0.1, 0.15) is 25.5 Å². The summed E-state index contributed by atoms with van der Waals surface area (Å²) in [4.78, 5) is 8.75. The van der Waals surface area contributed by atoms with Crippen molar-refractivity contribution in [3.8, 4) is 0 Å². The predicted molar refractivity (Wildman–Crippen MR) is 86.7 cm³/mol. The van der Waals surface area contributed by atoms with Gasteiger partial charge in [-0.2, -0.15) is 4.98 Å². The zero-order chi connectivity index (χ0) is 15.8. The van der Waals surface area contributed by atoms with Crippen LogP contribution in [0.3, 0.4) is 0 Å². The van der Waals surface area contributed by atoms with E-state index >= 15 is 0 Å². The number of aromatic nitrogens is 2. The molecule has 120 valence electrons. The van der Waals surface area contributed by atoms with Gasteiger partial charge in [-0.3, -0.25) is 0 Å². The lowest BCUT2D eigenvalue weighted by Crippen LogP contribution is -2.13. The first-order valence-electron chi connectivity index (χ1n) is 7.64. The number of hydrogen-bond donors (Lipinski definition) is 2. The molecule has 0 aliphatic heterocycles. The lowest BCUT2D eigenvalue weighted by Gasteiger charge is -2.13. The third kappa shape index (κ3) is 5.44. The molecule has 6 heteroatoms. The molecule has 1 atom stereocenters. The minimum Gasteiger partial charge on any atom is -0.380 e. The van der Waals surface area contributed by atoms with Gasteiger partial charge in [0.2, 0.25) is 5.95 Å². The molecule has 0 saturated heterocycles. The van der Waals surface area contributed by atoms with Gasteiger partial charge in [-0.15, -0.1) is 0 Å². The summed E-state index contributed by atoms with van der Waals surface area (Å²) in [6.45, 7) is 6.10. The normalized spacial score (nSPS) is 17.2. The van der Waals surface area contributed by atoms with Crippen molar-refractivity contribution in [1.82, 2.24) is 9.97 Å². The molecule has 0 amide bonds. The minimum absolute atomic E-state index is 0.379. The number of hydrogen-bond acceptors (Lipinski definition) is 5. The van der Waals surface area contributed by atoms with Crippen molar-refractivity contribution in [3.63, 3.8) is 0 Å². The Kier molecular flexibility index (Phi) is 6.33. The Labute approximate surface area is 130 Å². The Morgan fingerprint density at radius 3 is 2.95 bits per heavy atom. The lowest BCUT2D eigenvalue weighted by molar-refractivity contribution is 0.144. The fraction of sp³-hybridized carbons (Fsp3) is 0.500. The molecule has 1 aliphatic rings. The van der Waals surface area contributed by atoms with Crippen LogP contribution in [0.5, 0.6) is 0 Å². The maximum atomic E-state index is 13.0. The molecule has 0 saturated carbocycles. The molecule has 1 aromatic heterocycles. The number of ether oxygens (including phenoxy) is 1. The Hall–Kier alpha value is -1.95. The second-order valence-corrected chi connectivity index (χ2v) is 5.15. The third-order valence-electron chi connectivity index (χ3n) is 3.06. The average molecular weight is 306 g/mol. The Morgan fingerprint density at radius 2 is 2.23 bits per heavy atom. The van der Waals surface area contributed by atoms with E-state index in [4.69, 9.17) is 4.74 Å². The van der Waals surface area contributed by atoms with Crippen molar-refractivity contribution in [2.75, 3.05) is 30.4 Å². The first-order valence-corrected chi connectivity index (χ1v) is 7.64. The predicted octanol–water partition coefficient (Wildman–Crippen LogP) is 3.22. The molecule has 5 nitrogen and oxygen atoms in total. The molecule has 0 fully saturated rings. The highest BCUT2D eigenvalue weighted by atomic mass is 19.1. The highest BCUT2D eigenvalue weighted by Gasteiger charge is 2.08. The minimum atomic E-state index is -0.899. The first-order chi connectivity index (χ1) is 10.7. The van der Waals surface area contributed by atoms with E-state index in [2.05, 4.69) is 27.5 Å². The monoisotopic (exact) mass is 306 g/mol. The van der Waals surface area contributed by atoms with Crippen molar-refractivity contribution in [2.24, 2.45) is 0 Å². The Bertz CT molecular complexity index is 545. The van der Waals surface area contributed by atoms with Gasteiger partial charge < -0.3 is 15.4 Å². The topological polar surface area (TPSA) is 59.1 Å². The Morgan fingerprint density at radius 1 is 1.36 bits per heavy atom. The summed E-state index contributed by atoms with van der Waals surface area (Å²) in [5.74, 6) is 1.25. The van der Waals surface area contributed by atoms with Crippen LogP contribution in [-0.4, -0.2) is 35.9 Å². The van der Waals surface area contributed by atoms with Crippen LogP contribution in [0, 0.1) is 6.92 Å². The summed E-state index contributed by atoms with van der Waals surface area (Å²) in [6.07, 6.45) is 5.55. The summed E-state index contributed by atoms with van der Waals surface area (Å²) < 4.78 is 18.5. The van der Waals surface area contributed by atoms with Crippen LogP contribution in [-0.2, 0) is 4.74 Å². The van der Waals surface area contributed by atoms with Gasteiger partial charge in [0.15, 0.2) is 0 Å². The van der Waals surface area contributed by atoms with E-state index in [0.29, 0.717) is 25.5 Å². The number of halogens is 1. The molecule has 1 aromatic rings. The number of rotatable bonds is 8. The number of alkyl halides is 1. The number of allylic oxidation sites excluding steroid dienone is 3. The van der Waals surface area contributed by atoms with E-state index in [9.17, 15) is 4.39 Å². The first kappa shape index (κ1) is 16.4. The summed E-state index contributed by atoms with van der Waals surface area (Å²) in [7, 11) is 0. The van der Waals surface area contributed by atoms with Gasteiger partial charge in [0.25, 0.3) is 0 Å². The van der Waals surface area contributed by atoms with E-state index in [1.54, 1.807) is 6.08 Å². The van der Waals surface area contributed by atoms with Crippen molar-refractivity contribution >= 4 is 11.8 Å². The van der Waals surface area contributed by atoms with Gasteiger partial charge in [-0.25, -0.2) is 9.37 Å². The van der Waals surface area contributed by atoms with Gasteiger partial charge in [0.05, 0.1) is 6.61 Å². The highest BCUT2D eigenvalue weighted by Crippen LogP contribution is 2.16. The van der Waals surface area contributed by atoms with Crippen molar-refractivity contribution < 1.29 is 9.13 Å². The number of nitrogens with zero attached hydrogens (tertiary/aromatic N) is 2. The molecule has 0 aromatic carbocycles. The molecule has 2 rings (SSSR count). The SMILES string of the molecule is CCCOCCNc1cc(C)nc(NC2=CCC(F)C=C2)n1. The van der Waals surface area contributed by atoms with Crippen LogP contribution in [0.25, 0.3) is 0 Å². The average Bonchev–Trinajstić information content (AvgIpc) is 2.49. The number of nitrogens with one attached hydrogen (secondary N) is 2. The van der Waals surface area contributed by atoms with Crippen LogP contribution in [0.2, 0.25) is 0 Å². The standard InChI is InChI=1S/C16H23FN4O/c1-3-9-22-10-8-18-15-11-12(2)19-16(21-15)20-14-6-4-13(17)5-7-14/h4,6-7,11,13H,3,5,8-10H2,1-2H3,(H2,18,19,20,21). The van der Waals surface area contributed by atoms with Gasteiger partial charge in [0, 0.05) is 37.0 Å². The summed E-state index contributed by atoms with van der Waals surface area (Å²) >= 11 is 0. The van der Waals surface area contributed by atoms with Crippen LogP contribution in [0.4, 0.5) is 16.2 Å². The highest BCUT2D eigenvalue weighted by molar-refractivity contribution is 5.47. The van der Waals surface area contributed by atoms with E-state index in [-0.39, 0.29) is 0 Å². The maximum absolute atomic E-state index is 13.0. The molecular formula is C16H23FN4O. The van der Waals surface area contributed by atoms with E-state index in [1.807, 2.05) is 19.1 Å². The fourth-order valence-electron chi connectivity index (χ4n) is 2.03. The molecule has 22 heavy (non-hydrogen) atoms. The van der Waals surface area contributed by atoms with E-state index in [1.165, 1.54) is 6.08 Å². The molecule has 0 bridgehead atoms. The second-order valence-electron chi connectivity index (χ2n) is 5.15. The van der Waals surface area contributed by atoms with Crippen molar-refractivity contribution in [2.45, 2.75) is 32.9 Å². The molecule has 1 aliphatic carbocycles. The molecule has 1 heterocycles. The maximum Gasteiger partial charge on any atom is 0.229 e. The molecule has 0 spiro atoms. The van der Waals surface area contributed by atoms with Crippen LogP contribution >= 0.6 is 0 Å². The molecule has 2 N–H and O–H groups in total. The smallest absolute Gasteiger partial charge is 0.229 e. The zero-order valence-corrected chi connectivity index (χ0v) is 13.1. The molecule has 0 radical (unpaired) electrons. The summed E-state index contributed by atoms with van der Waals surface area (Å²) in [5, 5.41) is 6.32. The fourth-order valence-corrected chi connectivity index (χ4v) is 2.03. The van der Waals surface area contributed by atoms with Gasteiger partial charge >= 0.3 is 0 Å².